The van der Waals surface area contributed by atoms with Gasteiger partial charge in [0.05, 0.1) is 5.69 Å². The molecule has 2 aromatic carbocycles. The molecule has 1 aliphatic rings. The topological polar surface area (TPSA) is 81.9 Å². The predicted molar refractivity (Wildman–Crippen MR) is 126 cm³/mol. The van der Waals surface area contributed by atoms with Crippen LogP contribution >= 0.6 is 0 Å². The molecule has 1 aliphatic heterocycles. The number of rotatable bonds is 5. The van der Waals surface area contributed by atoms with E-state index in [4.69, 9.17) is 4.74 Å². The van der Waals surface area contributed by atoms with Crippen molar-refractivity contribution in [3.63, 3.8) is 0 Å². The average Bonchev–Trinajstić information content (AvgIpc) is 3.14. The van der Waals surface area contributed by atoms with Gasteiger partial charge in [0.15, 0.2) is 0 Å². The van der Waals surface area contributed by atoms with Gasteiger partial charge in [-0.15, -0.1) is 0 Å². The van der Waals surface area contributed by atoms with Crippen LogP contribution in [0.4, 0.5) is 5.82 Å². The Kier molecular flexibility index (Phi) is 5.38. The van der Waals surface area contributed by atoms with Crippen molar-refractivity contribution >= 4 is 11.7 Å². The summed E-state index contributed by atoms with van der Waals surface area (Å²) in [6.07, 6.45) is 0.359. The molecule has 0 unspecified atom stereocenters. The van der Waals surface area contributed by atoms with E-state index in [1.165, 1.54) is 0 Å². The number of anilines is 1. The highest BCUT2D eigenvalue weighted by molar-refractivity contribution is 5.95. The van der Waals surface area contributed by atoms with Gasteiger partial charge in [0, 0.05) is 29.3 Å². The summed E-state index contributed by atoms with van der Waals surface area (Å²) < 4.78 is 7.57. The summed E-state index contributed by atoms with van der Waals surface area (Å²) in [5.74, 6) is 1.74. The number of hydrogen-bond acceptors (Lipinski definition) is 5. The van der Waals surface area contributed by atoms with Crippen LogP contribution in [0, 0.1) is 20.8 Å². The Bertz CT molecular complexity index is 1290. The molecular weight excluding hydrogens is 414 g/mol. The summed E-state index contributed by atoms with van der Waals surface area (Å²) in [7, 11) is 0. The fourth-order valence-corrected chi connectivity index (χ4v) is 4.32. The van der Waals surface area contributed by atoms with Crippen LogP contribution in [0.5, 0.6) is 5.75 Å². The molecule has 4 aromatic rings. The van der Waals surface area contributed by atoms with Gasteiger partial charge in [0.25, 0.3) is 5.95 Å². The van der Waals surface area contributed by atoms with Gasteiger partial charge in [-0.3, -0.25) is 4.79 Å². The Morgan fingerprint density at radius 3 is 2.39 bits per heavy atom. The molecule has 1 atom stereocenters. The molecule has 0 saturated heterocycles. The van der Waals surface area contributed by atoms with Gasteiger partial charge < -0.3 is 10.1 Å². The quantitative estimate of drug-likeness (QED) is 0.490. The molecule has 0 radical (unpaired) electrons. The van der Waals surface area contributed by atoms with E-state index in [1.54, 1.807) is 4.68 Å². The molecule has 166 valence electrons. The SMILES string of the molecule is Cc1cc(C)nc(-n2nc(C)c3c2NC(=O)C[C@H]3c2ccc(OCc3ccccc3)cc2)n1. The Balaban J connectivity index is 1.45. The van der Waals surface area contributed by atoms with E-state index in [0.29, 0.717) is 24.8 Å². The first-order valence-electron chi connectivity index (χ1n) is 11.0. The number of aromatic nitrogens is 4. The fourth-order valence-electron chi connectivity index (χ4n) is 4.32. The number of nitrogens with zero attached hydrogens (tertiary/aromatic N) is 4. The molecule has 0 aliphatic carbocycles. The van der Waals surface area contributed by atoms with E-state index in [0.717, 1.165) is 39.5 Å². The number of carbonyl (C=O) groups is 1. The maximum atomic E-state index is 12.6. The van der Waals surface area contributed by atoms with Crippen molar-refractivity contribution in [1.82, 2.24) is 19.7 Å². The van der Waals surface area contributed by atoms with E-state index < -0.39 is 0 Å². The molecule has 5 rings (SSSR count). The second-order valence-corrected chi connectivity index (χ2v) is 8.36. The van der Waals surface area contributed by atoms with Gasteiger partial charge in [-0.2, -0.15) is 9.78 Å². The lowest BCUT2D eigenvalue weighted by molar-refractivity contribution is -0.116. The van der Waals surface area contributed by atoms with E-state index in [2.05, 4.69) is 20.4 Å². The summed E-state index contributed by atoms with van der Waals surface area (Å²) in [4.78, 5) is 21.7. The van der Waals surface area contributed by atoms with Crippen LogP contribution in [0.3, 0.4) is 0 Å². The number of carbonyl (C=O) groups excluding carboxylic acids is 1. The van der Waals surface area contributed by atoms with Crippen LogP contribution in [0.15, 0.2) is 60.7 Å². The van der Waals surface area contributed by atoms with Crippen molar-refractivity contribution in [1.29, 1.82) is 0 Å². The van der Waals surface area contributed by atoms with E-state index in [9.17, 15) is 4.79 Å². The van der Waals surface area contributed by atoms with Crippen molar-refractivity contribution in [2.24, 2.45) is 0 Å². The van der Waals surface area contributed by atoms with Gasteiger partial charge >= 0.3 is 0 Å². The highest BCUT2D eigenvalue weighted by atomic mass is 16.5. The molecule has 2 aromatic heterocycles. The van der Waals surface area contributed by atoms with Crippen LogP contribution in [0.25, 0.3) is 5.95 Å². The minimum atomic E-state index is -0.100. The molecule has 0 saturated carbocycles. The number of benzene rings is 2. The molecule has 7 nitrogen and oxygen atoms in total. The molecule has 7 heteroatoms. The van der Waals surface area contributed by atoms with Crippen LogP contribution in [0.1, 0.15) is 46.1 Å². The lowest BCUT2D eigenvalue weighted by Crippen LogP contribution is -2.25. The lowest BCUT2D eigenvalue weighted by atomic mass is 9.86. The van der Waals surface area contributed by atoms with Gasteiger partial charge in [-0.05, 0) is 50.1 Å². The first kappa shape index (κ1) is 20.9. The Labute approximate surface area is 192 Å². The number of aryl methyl sites for hydroxylation is 3. The van der Waals surface area contributed by atoms with E-state index >= 15 is 0 Å². The smallest absolute Gasteiger partial charge is 0.252 e. The van der Waals surface area contributed by atoms with Crippen LogP contribution in [-0.2, 0) is 11.4 Å². The summed E-state index contributed by atoms with van der Waals surface area (Å²) in [6.45, 7) is 6.31. The zero-order valence-electron chi connectivity index (χ0n) is 18.9. The number of amides is 1. The van der Waals surface area contributed by atoms with Crippen LogP contribution in [0.2, 0.25) is 0 Å². The Morgan fingerprint density at radius 2 is 1.70 bits per heavy atom. The second-order valence-electron chi connectivity index (χ2n) is 8.36. The number of hydrogen-bond donors (Lipinski definition) is 1. The number of fused-ring (bicyclic) bond motifs is 1. The molecule has 3 heterocycles. The maximum absolute atomic E-state index is 12.6. The molecule has 33 heavy (non-hydrogen) atoms. The Hall–Kier alpha value is -4.00. The minimum Gasteiger partial charge on any atom is -0.489 e. The third-order valence-electron chi connectivity index (χ3n) is 5.79. The predicted octanol–water partition coefficient (Wildman–Crippen LogP) is 4.64. The first-order valence-corrected chi connectivity index (χ1v) is 11.0. The monoisotopic (exact) mass is 439 g/mol. The molecule has 0 bridgehead atoms. The average molecular weight is 440 g/mol. The summed E-state index contributed by atoms with van der Waals surface area (Å²) >= 11 is 0. The molecular formula is C26H25N5O2. The van der Waals surface area contributed by atoms with Crippen LogP contribution in [-0.4, -0.2) is 25.7 Å². The minimum absolute atomic E-state index is 0.0533. The highest BCUT2D eigenvalue weighted by Crippen LogP contribution is 2.40. The summed E-state index contributed by atoms with van der Waals surface area (Å²) in [5, 5.41) is 7.68. The van der Waals surface area contributed by atoms with E-state index in [-0.39, 0.29) is 11.8 Å². The zero-order chi connectivity index (χ0) is 22.9. The molecule has 1 amide bonds. The number of nitrogens with one attached hydrogen (secondary N) is 1. The summed E-state index contributed by atoms with van der Waals surface area (Å²) in [6, 6.07) is 19.9. The van der Waals surface area contributed by atoms with Gasteiger partial charge in [0.1, 0.15) is 18.2 Å². The fraction of sp³-hybridized carbons (Fsp3) is 0.231. The maximum Gasteiger partial charge on any atom is 0.252 e. The standard InChI is InChI=1S/C26H25N5O2/c1-16-13-17(2)28-26(27-16)31-25-24(18(3)30-31)22(14-23(32)29-25)20-9-11-21(12-10-20)33-15-19-7-5-4-6-8-19/h4-13,22H,14-15H2,1-3H3,(H,29,32)/t22-/m0/s1. The van der Waals surface area contributed by atoms with E-state index in [1.807, 2.05) is 81.4 Å². The van der Waals surface area contributed by atoms with Crippen molar-refractivity contribution in [2.45, 2.75) is 39.7 Å². The van der Waals surface area contributed by atoms with Crippen LogP contribution < -0.4 is 10.1 Å². The van der Waals surface area contributed by atoms with Crippen molar-refractivity contribution < 1.29 is 9.53 Å². The summed E-state index contributed by atoms with van der Waals surface area (Å²) in [5.41, 5.74) is 5.71. The van der Waals surface area contributed by atoms with Gasteiger partial charge in [-0.1, -0.05) is 42.5 Å². The van der Waals surface area contributed by atoms with Gasteiger partial charge in [-0.25, -0.2) is 9.97 Å². The Morgan fingerprint density at radius 1 is 1.00 bits per heavy atom. The van der Waals surface area contributed by atoms with Crippen molar-refractivity contribution in [3.05, 3.63) is 94.4 Å². The van der Waals surface area contributed by atoms with Crippen molar-refractivity contribution in [3.8, 4) is 11.7 Å². The lowest BCUT2D eigenvalue weighted by Gasteiger charge is -2.24. The second kappa shape index (κ2) is 8.50. The third kappa shape index (κ3) is 4.22. The first-order chi connectivity index (χ1) is 16.0. The molecule has 1 N–H and O–H groups in total. The van der Waals surface area contributed by atoms with Gasteiger partial charge in [0.2, 0.25) is 5.91 Å². The zero-order valence-corrected chi connectivity index (χ0v) is 18.9. The molecule has 0 spiro atoms. The number of ether oxygens (including phenoxy) is 1. The highest BCUT2D eigenvalue weighted by Gasteiger charge is 2.33. The normalized spacial score (nSPS) is 15.1. The largest absolute Gasteiger partial charge is 0.489 e. The van der Waals surface area contributed by atoms with Crippen molar-refractivity contribution in [2.75, 3.05) is 5.32 Å². The third-order valence-corrected chi connectivity index (χ3v) is 5.79. The molecule has 0 fully saturated rings.